The highest BCUT2D eigenvalue weighted by atomic mass is 16.4. The minimum atomic E-state index is -1.11. The van der Waals surface area contributed by atoms with Crippen molar-refractivity contribution >= 4 is 17.6 Å². The molecule has 1 heterocycles. The number of aromatic nitrogens is 2. The van der Waals surface area contributed by atoms with Crippen LogP contribution >= 0.6 is 0 Å². The molecule has 0 radical (unpaired) electrons. The average molecular weight is 273 g/mol. The third-order valence-electron chi connectivity index (χ3n) is 2.92. The summed E-state index contributed by atoms with van der Waals surface area (Å²) in [6.45, 7) is 3.53. The van der Waals surface area contributed by atoms with E-state index in [0.717, 1.165) is 5.56 Å². The van der Waals surface area contributed by atoms with Gasteiger partial charge in [-0.1, -0.05) is 12.1 Å². The van der Waals surface area contributed by atoms with Crippen LogP contribution in [0, 0.1) is 6.92 Å². The maximum Gasteiger partial charge on any atom is 0.354 e. The lowest BCUT2D eigenvalue weighted by molar-refractivity contribution is -0.119. The van der Waals surface area contributed by atoms with Crippen LogP contribution in [0.2, 0.25) is 0 Å². The molecule has 0 fully saturated rings. The molecule has 0 aliphatic carbocycles. The number of benzene rings is 1. The molecule has 1 aromatic heterocycles. The van der Waals surface area contributed by atoms with Crippen LogP contribution in [-0.4, -0.2) is 26.8 Å². The number of anilines is 1. The van der Waals surface area contributed by atoms with Gasteiger partial charge in [-0.05, 0) is 37.6 Å². The molecule has 6 heteroatoms. The zero-order valence-corrected chi connectivity index (χ0v) is 11.2. The number of amides is 1. The number of carbonyl (C=O) groups is 2. The molecule has 1 aromatic carbocycles. The third kappa shape index (κ3) is 2.85. The number of carboxylic acids is 1. The summed E-state index contributed by atoms with van der Waals surface area (Å²) >= 11 is 0. The minimum absolute atomic E-state index is 0.0168. The van der Waals surface area contributed by atoms with E-state index in [-0.39, 0.29) is 11.6 Å². The number of aromatic carboxylic acids is 1. The molecular weight excluding hydrogens is 258 g/mol. The fourth-order valence-electron chi connectivity index (χ4n) is 1.87. The number of carboxylic acid groups (broad SMARTS) is 1. The fourth-order valence-corrected chi connectivity index (χ4v) is 1.87. The molecule has 0 saturated heterocycles. The number of hydrogen-bond donors (Lipinski definition) is 2. The largest absolute Gasteiger partial charge is 0.477 e. The van der Waals surface area contributed by atoms with Gasteiger partial charge in [0, 0.05) is 11.9 Å². The quantitative estimate of drug-likeness (QED) is 0.893. The molecule has 0 bridgehead atoms. The van der Waals surface area contributed by atoms with Crippen LogP contribution in [0.5, 0.6) is 0 Å². The Labute approximate surface area is 116 Å². The summed E-state index contributed by atoms with van der Waals surface area (Å²) in [6, 6.07) is 8.03. The molecule has 1 amide bonds. The number of aryl methyl sites for hydroxylation is 1. The van der Waals surface area contributed by atoms with Crippen molar-refractivity contribution in [1.82, 2.24) is 9.78 Å². The molecule has 2 N–H and O–H groups in total. The predicted molar refractivity (Wildman–Crippen MR) is 73.7 cm³/mol. The summed E-state index contributed by atoms with van der Waals surface area (Å²) in [4.78, 5) is 23.2. The molecule has 6 nitrogen and oxygen atoms in total. The van der Waals surface area contributed by atoms with E-state index in [4.69, 9.17) is 5.11 Å². The molecular formula is C14H15N3O3. The first-order valence-electron chi connectivity index (χ1n) is 6.13. The lowest BCUT2D eigenvalue weighted by atomic mass is 10.2. The number of nitrogens with zero attached hydrogens (tertiary/aromatic N) is 2. The van der Waals surface area contributed by atoms with Gasteiger partial charge in [-0.25, -0.2) is 9.48 Å². The topological polar surface area (TPSA) is 84.2 Å². The Kier molecular flexibility index (Phi) is 3.84. The van der Waals surface area contributed by atoms with E-state index in [1.165, 1.54) is 16.9 Å². The Morgan fingerprint density at radius 1 is 1.35 bits per heavy atom. The summed E-state index contributed by atoms with van der Waals surface area (Å²) in [6.07, 6.45) is 1.36. The Morgan fingerprint density at radius 2 is 2.10 bits per heavy atom. The van der Waals surface area contributed by atoms with Crippen LogP contribution in [-0.2, 0) is 4.79 Å². The maximum atomic E-state index is 12.1. The molecule has 2 rings (SSSR count). The summed E-state index contributed by atoms with van der Waals surface area (Å²) in [5.74, 6) is -1.43. The van der Waals surface area contributed by atoms with E-state index in [9.17, 15) is 9.59 Å². The van der Waals surface area contributed by atoms with E-state index in [1.54, 1.807) is 13.0 Å². The van der Waals surface area contributed by atoms with E-state index in [2.05, 4.69) is 10.4 Å². The summed E-state index contributed by atoms with van der Waals surface area (Å²) in [5, 5.41) is 15.7. The van der Waals surface area contributed by atoms with E-state index in [1.807, 2.05) is 25.1 Å². The smallest absolute Gasteiger partial charge is 0.354 e. The van der Waals surface area contributed by atoms with Crippen molar-refractivity contribution in [3.8, 4) is 0 Å². The molecule has 2 aromatic rings. The van der Waals surface area contributed by atoms with Crippen LogP contribution in [0.25, 0.3) is 0 Å². The molecule has 0 aliphatic rings. The van der Waals surface area contributed by atoms with Gasteiger partial charge in [-0.15, -0.1) is 0 Å². The number of hydrogen-bond acceptors (Lipinski definition) is 3. The van der Waals surface area contributed by atoms with Crippen molar-refractivity contribution < 1.29 is 14.7 Å². The van der Waals surface area contributed by atoms with Gasteiger partial charge in [0.2, 0.25) is 5.91 Å². The average Bonchev–Trinajstić information content (AvgIpc) is 2.87. The summed E-state index contributed by atoms with van der Waals surface area (Å²) in [7, 11) is 0. The predicted octanol–water partition coefficient (Wildman–Crippen LogP) is 2.09. The lowest BCUT2D eigenvalue weighted by Gasteiger charge is -2.14. The summed E-state index contributed by atoms with van der Waals surface area (Å²) < 4.78 is 1.19. The SMILES string of the molecule is Cc1cccc(NC(=O)C(C)n2nccc2C(=O)O)c1. The standard InChI is InChI=1S/C14H15N3O3/c1-9-4-3-5-11(8-9)16-13(18)10(2)17-12(14(19)20)6-7-15-17/h3-8,10H,1-2H3,(H,16,18)(H,19,20). The van der Waals surface area contributed by atoms with Crippen LogP contribution in [0.15, 0.2) is 36.5 Å². The van der Waals surface area contributed by atoms with Crippen LogP contribution < -0.4 is 5.32 Å². The third-order valence-corrected chi connectivity index (χ3v) is 2.92. The van der Waals surface area contributed by atoms with Gasteiger partial charge >= 0.3 is 5.97 Å². The van der Waals surface area contributed by atoms with Crippen molar-refractivity contribution in [2.45, 2.75) is 19.9 Å². The second-order valence-electron chi connectivity index (χ2n) is 4.50. The zero-order chi connectivity index (χ0) is 14.7. The van der Waals surface area contributed by atoms with Gasteiger partial charge in [0.25, 0.3) is 0 Å². The first kappa shape index (κ1) is 13.8. The maximum absolute atomic E-state index is 12.1. The van der Waals surface area contributed by atoms with Crippen LogP contribution in [0.4, 0.5) is 5.69 Å². The van der Waals surface area contributed by atoms with Gasteiger partial charge in [0.05, 0.1) is 0 Å². The monoisotopic (exact) mass is 273 g/mol. The molecule has 104 valence electrons. The van der Waals surface area contributed by atoms with E-state index < -0.39 is 12.0 Å². The molecule has 1 unspecified atom stereocenters. The minimum Gasteiger partial charge on any atom is -0.477 e. The Morgan fingerprint density at radius 3 is 2.75 bits per heavy atom. The highest BCUT2D eigenvalue weighted by Crippen LogP contribution is 2.14. The van der Waals surface area contributed by atoms with Crippen molar-refractivity contribution in [2.24, 2.45) is 0 Å². The Bertz CT molecular complexity index is 649. The highest BCUT2D eigenvalue weighted by Gasteiger charge is 2.21. The molecule has 1 atom stereocenters. The van der Waals surface area contributed by atoms with Gasteiger partial charge in [0.15, 0.2) is 0 Å². The second-order valence-corrected chi connectivity index (χ2v) is 4.50. The van der Waals surface area contributed by atoms with Gasteiger partial charge in [-0.3, -0.25) is 4.79 Å². The van der Waals surface area contributed by atoms with Crippen molar-refractivity contribution in [2.75, 3.05) is 5.32 Å². The Balaban J connectivity index is 2.16. The number of rotatable bonds is 4. The van der Waals surface area contributed by atoms with E-state index in [0.29, 0.717) is 5.69 Å². The fraction of sp³-hybridized carbons (Fsp3) is 0.214. The van der Waals surface area contributed by atoms with Crippen molar-refractivity contribution in [3.05, 3.63) is 47.8 Å². The first-order valence-corrected chi connectivity index (χ1v) is 6.13. The lowest BCUT2D eigenvalue weighted by Crippen LogP contribution is -2.26. The zero-order valence-electron chi connectivity index (χ0n) is 11.2. The first-order chi connectivity index (χ1) is 9.49. The second kappa shape index (κ2) is 5.56. The highest BCUT2D eigenvalue weighted by molar-refractivity contribution is 5.94. The Hall–Kier alpha value is -2.63. The van der Waals surface area contributed by atoms with Crippen molar-refractivity contribution in [3.63, 3.8) is 0 Å². The van der Waals surface area contributed by atoms with Crippen molar-refractivity contribution in [1.29, 1.82) is 0 Å². The van der Waals surface area contributed by atoms with Gasteiger partial charge in [-0.2, -0.15) is 5.10 Å². The normalized spacial score (nSPS) is 11.9. The number of carbonyl (C=O) groups excluding carboxylic acids is 1. The van der Waals surface area contributed by atoms with Gasteiger partial charge in [0.1, 0.15) is 11.7 Å². The van der Waals surface area contributed by atoms with Crippen LogP contribution in [0.1, 0.15) is 29.0 Å². The number of nitrogens with one attached hydrogen (secondary N) is 1. The molecule has 20 heavy (non-hydrogen) atoms. The molecule has 0 saturated carbocycles. The molecule has 0 aliphatic heterocycles. The van der Waals surface area contributed by atoms with Gasteiger partial charge < -0.3 is 10.4 Å². The summed E-state index contributed by atoms with van der Waals surface area (Å²) in [5.41, 5.74) is 1.68. The molecule has 0 spiro atoms. The van der Waals surface area contributed by atoms with E-state index >= 15 is 0 Å². The van der Waals surface area contributed by atoms with Crippen LogP contribution in [0.3, 0.4) is 0 Å².